The molecule has 0 saturated carbocycles. The van der Waals surface area contributed by atoms with Gasteiger partial charge in [-0.25, -0.2) is 0 Å². The molecule has 3 nitrogen and oxygen atoms in total. The minimum atomic E-state index is -4.50. The number of rotatable bonds is 2. The maximum Gasteiger partial charge on any atom is 0.418 e. The molecule has 0 amide bonds. The number of hydrogen-bond donors (Lipinski definition) is 1. The van der Waals surface area contributed by atoms with Crippen LogP contribution in [0, 0.1) is 0 Å². The maximum absolute atomic E-state index is 12.8. The standard InChI is InChI=1S/C11H8F3NO2/c1-17-9-4-8(11(12,13)14)10-6(2-3-15-10)7(9)5-16/h2-5,15H,1H3. The van der Waals surface area contributed by atoms with E-state index >= 15 is 0 Å². The Morgan fingerprint density at radius 3 is 2.65 bits per heavy atom. The number of carbonyl (C=O) groups excluding carboxylic acids is 1. The third-order valence-electron chi connectivity index (χ3n) is 2.49. The molecule has 17 heavy (non-hydrogen) atoms. The Balaban J connectivity index is 2.87. The first-order chi connectivity index (χ1) is 7.99. The van der Waals surface area contributed by atoms with Crippen LogP contribution in [0.2, 0.25) is 0 Å². The van der Waals surface area contributed by atoms with Crippen molar-refractivity contribution in [3.63, 3.8) is 0 Å². The van der Waals surface area contributed by atoms with Gasteiger partial charge in [0.15, 0.2) is 6.29 Å². The van der Waals surface area contributed by atoms with E-state index in [2.05, 4.69) is 4.98 Å². The topological polar surface area (TPSA) is 42.1 Å². The van der Waals surface area contributed by atoms with Crippen molar-refractivity contribution in [3.05, 3.63) is 29.5 Å². The number of alkyl halides is 3. The highest BCUT2D eigenvalue weighted by atomic mass is 19.4. The summed E-state index contributed by atoms with van der Waals surface area (Å²) in [6.07, 6.45) is -2.67. The van der Waals surface area contributed by atoms with Gasteiger partial charge in [-0.05, 0) is 12.1 Å². The van der Waals surface area contributed by atoms with Gasteiger partial charge in [0.05, 0.1) is 23.8 Å². The fourth-order valence-electron chi connectivity index (χ4n) is 1.74. The molecule has 0 bridgehead atoms. The molecule has 0 aliphatic rings. The van der Waals surface area contributed by atoms with Crippen LogP contribution in [0.25, 0.3) is 10.9 Å². The lowest BCUT2D eigenvalue weighted by Crippen LogP contribution is -2.07. The van der Waals surface area contributed by atoms with E-state index in [-0.39, 0.29) is 22.2 Å². The van der Waals surface area contributed by atoms with Crippen LogP contribution in [0.1, 0.15) is 15.9 Å². The molecule has 1 aromatic carbocycles. The Bertz CT molecular complexity index is 572. The minimum Gasteiger partial charge on any atom is -0.496 e. The fourth-order valence-corrected chi connectivity index (χ4v) is 1.74. The predicted molar refractivity (Wildman–Crippen MR) is 55.2 cm³/mol. The summed E-state index contributed by atoms with van der Waals surface area (Å²) in [5, 5.41) is 0.201. The Hall–Kier alpha value is -1.98. The lowest BCUT2D eigenvalue weighted by Gasteiger charge is -2.12. The summed E-state index contributed by atoms with van der Waals surface area (Å²) in [6.45, 7) is 0. The molecular formula is C11H8F3NO2. The number of fused-ring (bicyclic) bond motifs is 1. The van der Waals surface area contributed by atoms with E-state index in [0.717, 1.165) is 6.07 Å². The number of methoxy groups -OCH3 is 1. The summed E-state index contributed by atoms with van der Waals surface area (Å²) in [7, 11) is 1.22. The Morgan fingerprint density at radius 2 is 2.12 bits per heavy atom. The predicted octanol–water partition coefficient (Wildman–Crippen LogP) is 3.01. The van der Waals surface area contributed by atoms with Crippen molar-refractivity contribution in [1.29, 1.82) is 0 Å². The largest absolute Gasteiger partial charge is 0.496 e. The molecule has 90 valence electrons. The van der Waals surface area contributed by atoms with Crippen LogP contribution >= 0.6 is 0 Å². The molecule has 0 fully saturated rings. The van der Waals surface area contributed by atoms with Crippen LogP contribution in [0.5, 0.6) is 5.75 Å². The number of hydrogen-bond acceptors (Lipinski definition) is 2. The second-order valence-corrected chi connectivity index (χ2v) is 3.42. The number of carbonyl (C=O) groups is 1. The quantitative estimate of drug-likeness (QED) is 0.824. The van der Waals surface area contributed by atoms with E-state index in [1.165, 1.54) is 19.4 Å². The third-order valence-corrected chi connectivity index (χ3v) is 2.49. The van der Waals surface area contributed by atoms with E-state index in [9.17, 15) is 18.0 Å². The molecule has 2 rings (SSSR count). The third kappa shape index (κ3) is 1.75. The van der Waals surface area contributed by atoms with Crippen LogP contribution in [-0.4, -0.2) is 18.4 Å². The molecular weight excluding hydrogens is 235 g/mol. The minimum absolute atomic E-state index is 0.0839. The molecule has 1 N–H and O–H groups in total. The van der Waals surface area contributed by atoms with Gasteiger partial charge in [0.2, 0.25) is 0 Å². The average Bonchev–Trinajstić information content (AvgIpc) is 2.73. The monoisotopic (exact) mass is 243 g/mol. The molecule has 1 heterocycles. The maximum atomic E-state index is 12.8. The first-order valence-electron chi connectivity index (χ1n) is 4.69. The Labute approximate surface area is 94.2 Å². The van der Waals surface area contributed by atoms with E-state index in [1.807, 2.05) is 0 Å². The zero-order valence-corrected chi connectivity index (χ0v) is 8.76. The number of ether oxygens (including phenoxy) is 1. The van der Waals surface area contributed by atoms with Crippen LogP contribution in [0.4, 0.5) is 13.2 Å². The van der Waals surface area contributed by atoms with Crippen molar-refractivity contribution in [2.24, 2.45) is 0 Å². The first kappa shape index (κ1) is 11.5. The fraction of sp³-hybridized carbons (Fsp3) is 0.182. The second-order valence-electron chi connectivity index (χ2n) is 3.42. The van der Waals surface area contributed by atoms with Gasteiger partial charge in [0, 0.05) is 11.6 Å². The van der Waals surface area contributed by atoms with Gasteiger partial charge >= 0.3 is 6.18 Å². The highest BCUT2D eigenvalue weighted by molar-refractivity contribution is 6.01. The number of benzene rings is 1. The van der Waals surface area contributed by atoms with E-state index in [0.29, 0.717) is 6.29 Å². The summed E-state index contributed by atoms with van der Waals surface area (Å²) < 4.78 is 43.2. The normalized spacial score (nSPS) is 11.8. The van der Waals surface area contributed by atoms with Crippen molar-refractivity contribution in [2.45, 2.75) is 6.18 Å². The number of halogens is 3. The molecule has 0 unspecified atom stereocenters. The van der Waals surface area contributed by atoms with Crippen LogP contribution in [0.15, 0.2) is 18.3 Å². The van der Waals surface area contributed by atoms with Gasteiger partial charge in [-0.2, -0.15) is 13.2 Å². The van der Waals surface area contributed by atoms with Crippen LogP contribution in [0.3, 0.4) is 0 Å². The van der Waals surface area contributed by atoms with Gasteiger partial charge in [-0.1, -0.05) is 0 Å². The number of aldehydes is 1. The van der Waals surface area contributed by atoms with Crippen LogP contribution in [-0.2, 0) is 6.18 Å². The molecule has 1 aromatic heterocycles. The second kappa shape index (κ2) is 3.80. The smallest absolute Gasteiger partial charge is 0.418 e. The average molecular weight is 243 g/mol. The van der Waals surface area contributed by atoms with Gasteiger partial charge in [0.1, 0.15) is 5.75 Å². The molecule has 2 aromatic rings. The SMILES string of the molecule is COc1cc(C(F)(F)F)c2[nH]ccc2c1C=O. The van der Waals surface area contributed by atoms with Gasteiger partial charge in [-0.15, -0.1) is 0 Å². The highest BCUT2D eigenvalue weighted by Crippen LogP contribution is 2.38. The van der Waals surface area contributed by atoms with Crippen molar-refractivity contribution in [1.82, 2.24) is 4.98 Å². The molecule has 0 radical (unpaired) electrons. The van der Waals surface area contributed by atoms with Crippen molar-refractivity contribution in [3.8, 4) is 5.75 Å². The van der Waals surface area contributed by atoms with E-state index < -0.39 is 11.7 Å². The number of H-pyrrole nitrogens is 1. The molecule has 0 aliphatic heterocycles. The molecule has 0 spiro atoms. The first-order valence-corrected chi connectivity index (χ1v) is 4.69. The zero-order chi connectivity index (χ0) is 12.6. The number of aromatic nitrogens is 1. The molecule has 0 atom stereocenters. The van der Waals surface area contributed by atoms with Crippen molar-refractivity contribution >= 4 is 17.2 Å². The Morgan fingerprint density at radius 1 is 1.41 bits per heavy atom. The number of aromatic amines is 1. The van der Waals surface area contributed by atoms with Crippen molar-refractivity contribution < 1.29 is 22.7 Å². The lowest BCUT2D eigenvalue weighted by atomic mass is 10.0. The zero-order valence-electron chi connectivity index (χ0n) is 8.76. The van der Waals surface area contributed by atoms with Gasteiger partial charge in [-0.3, -0.25) is 4.79 Å². The number of nitrogens with one attached hydrogen (secondary N) is 1. The summed E-state index contributed by atoms with van der Waals surface area (Å²) >= 11 is 0. The lowest BCUT2D eigenvalue weighted by molar-refractivity contribution is -0.136. The van der Waals surface area contributed by atoms with Gasteiger partial charge in [0.25, 0.3) is 0 Å². The van der Waals surface area contributed by atoms with E-state index in [4.69, 9.17) is 4.74 Å². The molecule has 0 aliphatic carbocycles. The van der Waals surface area contributed by atoms with Gasteiger partial charge < -0.3 is 9.72 Å². The Kier molecular flexibility index (Phi) is 2.57. The summed E-state index contributed by atoms with van der Waals surface area (Å²) in [6, 6.07) is 2.24. The molecule has 6 heteroatoms. The highest BCUT2D eigenvalue weighted by Gasteiger charge is 2.34. The summed E-state index contributed by atoms with van der Waals surface area (Å²) in [5.41, 5.74) is -0.850. The van der Waals surface area contributed by atoms with Crippen molar-refractivity contribution in [2.75, 3.05) is 7.11 Å². The summed E-state index contributed by atoms with van der Waals surface area (Å²) in [4.78, 5) is 13.4. The van der Waals surface area contributed by atoms with Crippen LogP contribution < -0.4 is 4.74 Å². The van der Waals surface area contributed by atoms with E-state index in [1.54, 1.807) is 0 Å². The molecule has 0 saturated heterocycles. The summed E-state index contributed by atoms with van der Waals surface area (Å²) in [5.74, 6) is -0.0839.